The second kappa shape index (κ2) is 15.5. The molecule has 0 radical (unpaired) electrons. The van der Waals surface area contributed by atoms with Gasteiger partial charge in [0, 0.05) is 33.8 Å². The molecule has 1 aliphatic heterocycles. The molecule has 2 heterocycles. The smallest absolute Gasteiger partial charge is 0.290 e. The summed E-state index contributed by atoms with van der Waals surface area (Å²) >= 11 is 0. The summed E-state index contributed by atoms with van der Waals surface area (Å²) in [6.45, 7) is 4.83. The van der Waals surface area contributed by atoms with Gasteiger partial charge in [-0.2, -0.15) is 0 Å². The number of likely N-dealkylation sites (tertiary alicyclic amines) is 1. The van der Waals surface area contributed by atoms with Crippen molar-refractivity contribution >= 4 is 18.9 Å². The fourth-order valence-corrected chi connectivity index (χ4v) is 3.03. The lowest BCUT2D eigenvalue weighted by Crippen LogP contribution is -2.33. The third-order valence-electron chi connectivity index (χ3n) is 4.20. The molecule has 1 atom stereocenters. The summed E-state index contributed by atoms with van der Waals surface area (Å²) in [5, 5.41) is 13.8. The number of ether oxygens (including phenoxy) is 1. The van der Waals surface area contributed by atoms with Crippen LogP contribution in [0.2, 0.25) is 0 Å². The van der Waals surface area contributed by atoms with Crippen LogP contribution in [0, 0.1) is 5.92 Å². The van der Waals surface area contributed by atoms with E-state index < -0.39 is 0 Å². The molecule has 166 valence electrons. The quantitative estimate of drug-likeness (QED) is 0.593. The largest absolute Gasteiger partial charge is 0.483 e. The number of carbonyl (C=O) groups excluding carboxylic acids is 1. The van der Waals surface area contributed by atoms with Gasteiger partial charge >= 0.3 is 0 Å². The fraction of sp³-hybridized carbons (Fsp3) is 0.632. The fourth-order valence-electron chi connectivity index (χ4n) is 3.03. The van der Waals surface area contributed by atoms with Crippen molar-refractivity contribution < 1.29 is 33.8 Å². The molecule has 2 N–H and O–H groups in total. The minimum atomic E-state index is -0.250. The number of carboxylic acid groups (broad SMARTS) is 2. The zero-order chi connectivity index (χ0) is 22.2. The zero-order valence-electron chi connectivity index (χ0n) is 17.6. The Morgan fingerprint density at radius 1 is 1.28 bits per heavy atom. The van der Waals surface area contributed by atoms with Gasteiger partial charge in [0.1, 0.15) is 5.76 Å². The Kier molecular flexibility index (Phi) is 14.2. The minimum Gasteiger partial charge on any atom is -0.483 e. The third-order valence-corrected chi connectivity index (χ3v) is 4.20. The molecule has 10 nitrogen and oxygen atoms in total. The van der Waals surface area contributed by atoms with Crippen LogP contribution >= 0.6 is 0 Å². The summed E-state index contributed by atoms with van der Waals surface area (Å²) < 4.78 is 10.8. The molecular formula is C19H33N3O7. The summed E-state index contributed by atoms with van der Waals surface area (Å²) in [5.41, 5.74) is 0. The lowest BCUT2D eigenvalue weighted by atomic mass is 10.1. The summed E-state index contributed by atoms with van der Waals surface area (Å²) in [6, 6.07) is 3.65. The average molecular weight is 415 g/mol. The lowest BCUT2D eigenvalue weighted by Gasteiger charge is -2.21. The van der Waals surface area contributed by atoms with E-state index in [9.17, 15) is 4.79 Å². The highest BCUT2D eigenvalue weighted by molar-refractivity contribution is 5.91. The molecule has 0 aliphatic carbocycles. The number of rotatable bonds is 8. The molecule has 0 spiro atoms. The van der Waals surface area contributed by atoms with E-state index in [2.05, 4.69) is 4.90 Å². The van der Waals surface area contributed by atoms with E-state index in [1.165, 1.54) is 0 Å². The van der Waals surface area contributed by atoms with E-state index in [0.717, 1.165) is 45.0 Å². The van der Waals surface area contributed by atoms with Crippen molar-refractivity contribution in [3.8, 4) is 0 Å². The van der Waals surface area contributed by atoms with Gasteiger partial charge in [-0.05, 0) is 45.1 Å². The third kappa shape index (κ3) is 11.2. The Labute approximate surface area is 171 Å². The van der Waals surface area contributed by atoms with Crippen LogP contribution in [0.3, 0.4) is 0 Å². The van der Waals surface area contributed by atoms with Gasteiger partial charge in [0.05, 0.1) is 13.2 Å². The van der Waals surface area contributed by atoms with Crippen LogP contribution in [0.4, 0.5) is 0 Å². The van der Waals surface area contributed by atoms with Crippen molar-refractivity contribution in [1.82, 2.24) is 14.7 Å². The molecule has 0 aromatic carbocycles. The van der Waals surface area contributed by atoms with Crippen LogP contribution in [0.1, 0.15) is 22.7 Å². The van der Waals surface area contributed by atoms with Gasteiger partial charge < -0.3 is 34.1 Å². The number of carbonyl (C=O) groups is 3. The molecule has 1 aromatic rings. The normalized spacial score (nSPS) is 15.7. The first-order valence-corrected chi connectivity index (χ1v) is 9.18. The molecule has 1 amide bonds. The van der Waals surface area contributed by atoms with E-state index in [1.807, 2.05) is 32.1 Å². The van der Waals surface area contributed by atoms with Gasteiger partial charge in [-0.1, -0.05) is 0 Å². The highest BCUT2D eigenvalue weighted by Crippen LogP contribution is 2.18. The Bertz CT molecular complexity index is 586. The molecule has 29 heavy (non-hydrogen) atoms. The van der Waals surface area contributed by atoms with Crippen LogP contribution in [0.15, 0.2) is 16.5 Å². The maximum atomic E-state index is 12.5. The van der Waals surface area contributed by atoms with Gasteiger partial charge in [0.15, 0.2) is 5.76 Å². The molecule has 1 unspecified atom stereocenters. The minimum absolute atomic E-state index is 0.0367. The Morgan fingerprint density at radius 3 is 2.45 bits per heavy atom. The summed E-state index contributed by atoms with van der Waals surface area (Å²) in [7, 11) is 7.54. The van der Waals surface area contributed by atoms with Gasteiger partial charge in [0.2, 0.25) is 0 Å². The summed E-state index contributed by atoms with van der Waals surface area (Å²) in [6.07, 6.45) is 1.13. The first-order valence-electron chi connectivity index (χ1n) is 9.18. The molecule has 1 fully saturated rings. The van der Waals surface area contributed by atoms with E-state index in [4.69, 9.17) is 29.0 Å². The number of hydrogen-bond donors (Lipinski definition) is 2. The van der Waals surface area contributed by atoms with E-state index >= 15 is 0 Å². The van der Waals surface area contributed by atoms with Gasteiger partial charge in [0.25, 0.3) is 18.9 Å². The van der Waals surface area contributed by atoms with E-state index in [1.54, 1.807) is 18.1 Å². The molecule has 1 aliphatic rings. The summed E-state index contributed by atoms with van der Waals surface area (Å²) in [5.74, 6) is 1.74. The van der Waals surface area contributed by atoms with Gasteiger partial charge in [-0.25, -0.2) is 0 Å². The molecule has 0 saturated carbocycles. The van der Waals surface area contributed by atoms with Crippen molar-refractivity contribution in [2.24, 2.45) is 5.92 Å². The van der Waals surface area contributed by atoms with Crippen molar-refractivity contribution in [1.29, 1.82) is 0 Å². The number of hydrogen-bond acceptors (Lipinski definition) is 7. The first kappa shape index (κ1) is 26.6. The molecule has 1 saturated heterocycles. The van der Waals surface area contributed by atoms with Crippen molar-refractivity contribution in [3.63, 3.8) is 0 Å². The SMILES string of the molecule is COCCN1CCC(CN(C)C(=O)c2ccc(CN(C)C)o2)C1.O=CO.O=CO. The molecule has 10 heteroatoms. The predicted octanol–water partition coefficient (Wildman–Crippen LogP) is 0.783. The van der Waals surface area contributed by atoms with Crippen LogP contribution in [0.25, 0.3) is 0 Å². The van der Waals surface area contributed by atoms with E-state index in [0.29, 0.717) is 18.2 Å². The van der Waals surface area contributed by atoms with Crippen molar-refractivity contribution in [3.05, 3.63) is 23.7 Å². The number of methoxy groups -OCH3 is 1. The van der Waals surface area contributed by atoms with Crippen molar-refractivity contribution in [2.45, 2.75) is 13.0 Å². The van der Waals surface area contributed by atoms with Gasteiger partial charge in [-0.15, -0.1) is 0 Å². The monoisotopic (exact) mass is 415 g/mol. The van der Waals surface area contributed by atoms with Crippen LogP contribution in [-0.2, 0) is 20.9 Å². The maximum Gasteiger partial charge on any atom is 0.290 e. The summed E-state index contributed by atoms with van der Waals surface area (Å²) in [4.78, 5) is 35.4. The lowest BCUT2D eigenvalue weighted by molar-refractivity contribution is -0.123. The van der Waals surface area contributed by atoms with Gasteiger partial charge in [-0.3, -0.25) is 14.4 Å². The Hall–Kier alpha value is -2.43. The van der Waals surface area contributed by atoms with E-state index in [-0.39, 0.29) is 18.9 Å². The molecular weight excluding hydrogens is 382 g/mol. The zero-order valence-corrected chi connectivity index (χ0v) is 17.6. The topological polar surface area (TPSA) is 124 Å². The van der Waals surface area contributed by atoms with Crippen LogP contribution in [-0.4, -0.2) is 105 Å². The second-order valence-electron chi connectivity index (χ2n) is 6.85. The molecule has 1 aromatic heterocycles. The van der Waals surface area contributed by atoms with Crippen LogP contribution < -0.4 is 0 Å². The average Bonchev–Trinajstić information content (AvgIpc) is 3.29. The standard InChI is InChI=1S/C17H29N3O3.2CH2O2/c1-18(2)13-15-5-6-16(23-15)17(21)19(3)11-14-7-8-20(12-14)9-10-22-4;2*2-1-3/h5-6,14H,7-13H2,1-4H3;2*1H,(H,2,3). The van der Waals surface area contributed by atoms with Crippen LogP contribution in [0.5, 0.6) is 0 Å². The number of furan rings is 1. The van der Waals surface area contributed by atoms with Crippen molar-refractivity contribution in [2.75, 3.05) is 61.0 Å². The Balaban J connectivity index is 0.00000116. The second-order valence-corrected chi connectivity index (χ2v) is 6.85. The predicted molar refractivity (Wildman–Crippen MR) is 107 cm³/mol. The first-order chi connectivity index (χ1) is 13.8. The Morgan fingerprint density at radius 2 is 1.90 bits per heavy atom. The number of nitrogens with zero attached hydrogens (tertiary/aromatic N) is 3. The molecule has 2 rings (SSSR count). The maximum absolute atomic E-state index is 12.5. The highest BCUT2D eigenvalue weighted by Gasteiger charge is 2.25. The molecule has 0 bridgehead atoms. The number of amides is 1. The highest BCUT2D eigenvalue weighted by atomic mass is 16.5.